The van der Waals surface area contributed by atoms with Crippen LogP contribution >= 0.6 is 0 Å². The van der Waals surface area contributed by atoms with E-state index < -0.39 is 10.8 Å². The van der Waals surface area contributed by atoms with Crippen LogP contribution in [0.4, 0.5) is 0 Å². The second kappa shape index (κ2) is 5.57. The van der Waals surface area contributed by atoms with Crippen molar-refractivity contribution in [3.05, 3.63) is 42.0 Å². The first-order valence-corrected chi connectivity index (χ1v) is 7.80. The first kappa shape index (κ1) is 13.6. The van der Waals surface area contributed by atoms with Crippen molar-refractivity contribution >= 4 is 10.8 Å². The Bertz CT molecular complexity index is 795. The van der Waals surface area contributed by atoms with Gasteiger partial charge in [0, 0.05) is 11.8 Å². The molecule has 2 heterocycles. The van der Waals surface area contributed by atoms with Gasteiger partial charge in [0.05, 0.1) is 10.8 Å². The maximum Gasteiger partial charge on any atom is 0.247 e. The highest BCUT2D eigenvalue weighted by atomic mass is 32.2. The Labute approximate surface area is 123 Å². The Morgan fingerprint density at radius 2 is 2.24 bits per heavy atom. The van der Waals surface area contributed by atoms with Crippen molar-refractivity contribution < 1.29 is 8.73 Å². The number of aromatic nitrogens is 5. The molecule has 108 valence electrons. The lowest BCUT2D eigenvalue weighted by molar-refractivity contribution is 0.367. The molecule has 21 heavy (non-hydrogen) atoms. The van der Waals surface area contributed by atoms with Crippen molar-refractivity contribution in [1.29, 1.82) is 0 Å². The van der Waals surface area contributed by atoms with Gasteiger partial charge in [0.1, 0.15) is 12.9 Å². The van der Waals surface area contributed by atoms with E-state index in [2.05, 4.69) is 20.3 Å². The van der Waals surface area contributed by atoms with E-state index in [-0.39, 0.29) is 0 Å². The molecule has 0 fully saturated rings. The van der Waals surface area contributed by atoms with Crippen LogP contribution in [0.15, 0.2) is 40.3 Å². The number of nitrogens with zero attached hydrogens (tertiary/aromatic N) is 5. The monoisotopic (exact) mass is 303 g/mol. The minimum Gasteiger partial charge on any atom is -0.337 e. The molecule has 0 aliphatic carbocycles. The van der Waals surface area contributed by atoms with E-state index >= 15 is 0 Å². The topological polar surface area (TPSA) is 86.7 Å². The zero-order valence-electron chi connectivity index (χ0n) is 11.6. The zero-order valence-corrected chi connectivity index (χ0v) is 12.4. The van der Waals surface area contributed by atoms with E-state index in [1.807, 2.05) is 31.2 Å². The van der Waals surface area contributed by atoms with Crippen LogP contribution in [0, 0.1) is 6.92 Å². The fourth-order valence-electron chi connectivity index (χ4n) is 1.94. The maximum absolute atomic E-state index is 11.5. The summed E-state index contributed by atoms with van der Waals surface area (Å²) in [6.45, 7) is 2.30. The van der Waals surface area contributed by atoms with Gasteiger partial charge < -0.3 is 4.52 Å². The summed E-state index contributed by atoms with van der Waals surface area (Å²) in [5, 5.41) is 11.9. The molecule has 0 amide bonds. The number of rotatable bonds is 4. The van der Waals surface area contributed by atoms with Crippen molar-refractivity contribution in [1.82, 2.24) is 24.9 Å². The molecule has 1 atom stereocenters. The molecule has 2 aromatic heterocycles. The summed E-state index contributed by atoms with van der Waals surface area (Å²) in [5.41, 5.74) is 2.02. The highest BCUT2D eigenvalue weighted by molar-refractivity contribution is 7.84. The van der Waals surface area contributed by atoms with Crippen LogP contribution in [0.25, 0.3) is 11.4 Å². The molecule has 0 unspecified atom stereocenters. The molecule has 3 rings (SSSR count). The van der Waals surface area contributed by atoms with Crippen LogP contribution in [0.3, 0.4) is 0 Å². The molecular formula is C13H13N5O2S. The first-order chi connectivity index (χ1) is 10.1. The van der Waals surface area contributed by atoms with Gasteiger partial charge in [-0.25, -0.2) is 0 Å². The summed E-state index contributed by atoms with van der Waals surface area (Å²) in [6.07, 6.45) is 3.04. The second-order valence-corrected chi connectivity index (χ2v) is 5.85. The average Bonchev–Trinajstić information content (AvgIpc) is 3.08. The normalized spacial score (nSPS) is 12.5. The van der Waals surface area contributed by atoms with E-state index in [9.17, 15) is 4.21 Å². The van der Waals surface area contributed by atoms with Crippen molar-refractivity contribution in [3.8, 4) is 11.4 Å². The number of aryl methyl sites for hydroxylation is 1. The molecular weight excluding hydrogens is 290 g/mol. The van der Waals surface area contributed by atoms with E-state index in [1.165, 1.54) is 6.33 Å². The van der Waals surface area contributed by atoms with Gasteiger partial charge in [0.2, 0.25) is 16.9 Å². The summed E-state index contributed by atoms with van der Waals surface area (Å²) < 4.78 is 18.4. The van der Waals surface area contributed by atoms with Gasteiger partial charge in [0.15, 0.2) is 0 Å². The summed E-state index contributed by atoms with van der Waals surface area (Å²) in [5.74, 6) is 0.943. The third kappa shape index (κ3) is 2.89. The standard InChI is InChI=1S/C13H13N5O2S/c1-9-4-3-5-10(6-9)12-15-11(20-17-12)7-18-8-14-16-13(18)21(2)19/h3-6,8H,7H2,1-2H3/t21-/m1/s1. The molecule has 3 aromatic rings. The number of benzene rings is 1. The molecule has 7 nitrogen and oxygen atoms in total. The lowest BCUT2D eigenvalue weighted by Gasteiger charge is -1.99. The Morgan fingerprint density at radius 1 is 1.38 bits per heavy atom. The molecule has 8 heteroatoms. The van der Waals surface area contributed by atoms with Gasteiger partial charge in [-0.05, 0) is 13.0 Å². The summed E-state index contributed by atoms with van der Waals surface area (Å²) in [6, 6.07) is 7.86. The van der Waals surface area contributed by atoms with Gasteiger partial charge >= 0.3 is 0 Å². The van der Waals surface area contributed by atoms with E-state index in [1.54, 1.807) is 10.8 Å². The lowest BCUT2D eigenvalue weighted by atomic mass is 10.1. The molecule has 0 radical (unpaired) electrons. The largest absolute Gasteiger partial charge is 0.337 e. The lowest BCUT2D eigenvalue weighted by Crippen LogP contribution is -2.05. The molecule has 0 aliphatic rings. The molecule has 0 N–H and O–H groups in total. The molecule has 0 bridgehead atoms. The van der Waals surface area contributed by atoms with Crippen molar-refractivity contribution in [2.75, 3.05) is 6.26 Å². The van der Waals surface area contributed by atoms with Gasteiger partial charge in [-0.15, -0.1) is 10.2 Å². The second-order valence-electron chi connectivity index (χ2n) is 4.58. The maximum atomic E-state index is 11.5. The summed E-state index contributed by atoms with van der Waals surface area (Å²) in [4.78, 5) is 4.34. The van der Waals surface area contributed by atoms with Gasteiger partial charge in [0.25, 0.3) is 0 Å². The third-order valence-corrected chi connectivity index (χ3v) is 3.72. The highest BCUT2D eigenvalue weighted by Crippen LogP contribution is 2.17. The summed E-state index contributed by atoms with van der Waals surface area (Å²) in [7, 11) is -1.22. The Kier molecular flexibility index (Phi) is 3.61. The predicted octanol–water partition coefficient (Wildman–Crippen LogP) is 1.42. The van der Waals surface area contributed by atoms with E-state index in [0.29, 0.717) is 23.4 Å². The zero-order chi connectivity index (χ0) is 14.8. The fourth-order valence-corrected chi connectivity index (χ4v) is 2.55. The minimum absolute atomic E-state index is 0.292. The number of hydrogen-bond acceptors (Lipinski definition) is 6. The number of hydrogen-bond donors (Lipinski definition) is 0. The molecule has 0 saturated heterocycles. The SMILES string of the molecule is Cc1cccc(-c2noc(Cn3cnnc3[S@@](C)=O)n2)c1. The fraction of sp³-hybridized carbons (Fsp3) is 0.231. The molecule has 1 aromatic carbocycles. The quantitative estimate of drug-likeness (QED) is 0.724. The van der Waals surface area contributed by atoms with Crippen molar-refractivity contribution in [3.63, 3.8) is 0 Å². The highest BCUT2D eigenvalue weighted by Gasteiger charge is 2.13. The average molecular weight is 303 g/mol. The predicted molar refractivity (Wildman–Crippen MR) is 75.9 cm³/mol. The van der Waals surface area contributed by atoms with Gasteiger partial charge in [-0.1, -0.05) is 28.9 Å². The van der Waals surface area contributed by atoms with Gasteiger partial charge in [-0.3, -0.25) is 8.78 Å². The molecule has 0 saturated carbocycles. The van der Waals surface area contributed by atoms with Crippen LogP contribution in [-0.2, 0) is 17.3 Å². The van der Waals surface area contributed by atoms with Crippen LogP contribution in [0.5, 0.6) is 0 Å². The van der Waals surface area contributed by atoms with Gasteiger partial charge in [-0.2, -0.15) is 4.98 Å². The third-order valence-electron chi connectivity index (χ3n) is 2.89. The van der Waals surface area contributed by atoms with E-state index in [4.69, 9.17) is 4.52 Å². The molecule has 0 aliphatic heterocycles. The van der Waals surface area contributed by atoms with Crippen molar-refractivity contribution in [2.24, 2.45) is 0 Å². The smallest absolute Gasteiger partial charge is 0.247 e. The minimum atomic E-state index is -1.22. The summed E-state index contributed by atoms with van der Waals surface area (Å²) >= 11 is 0. The first-order valence-electron chi connectivity index (χ1n) is 6.24. The Balaban J connectivity index is 1.85. The molecule has 0 spiro atoms. The Morgan fingerprint density at radius 3 is 3.00 bits per heavy atom. The van der Waals surface area contributed by atoms with Crippen LogP contribution in [0.1, 0.15) is 11.5 Å². The van der Waals surface area contributed by atoms with E-state index in [0.717, 1.165) is 11.1 Å². The van der Waals surface area contributed by atoms with Crippen LogP contribution < -0.4 is 0 Å². The van der Waals surface area contributed by atoms with Crippen molar-refractivity contribution in [2.45, 2.75) is 18.6 Å². The Hall–Kier alpha value is -2.35. The van der Waals surface area contributed by atoms with Crippen LogP contribution in [0.2, 0.25) is 0 Å². The van der Waals surface area contributed by atoms with Crippen LogP contribution in [-0.4, -0.2) is 35.4 Å².